The molecule has 1 atom stereocenters. The fourth-order valence-corrected chi connectivity index (χ4v) is 4.18. The van der Waals surface area contributed by atoms with Crippen LogP contribution in [-0.4, -0.2) is 32.4 Å². The van der Waals surface area contributed by atoms with Crippen molar-refractivity contribution in [2.24, 2.45) is 0 Å². The Morgan fingerprint density at radius 3 is 2.65 bits per heavy atom. The first-order valence-electron chi connectivity index (χ1n) is 7.60. The molecule has 2 N–H and O–H groups in total. The van der Waals surface area contributed by atoms with Crippen molar-refractivity contribution >= 4 is 50.9 Å². The van der Waals surface area contributed by atoms with Crippen LogP contribution in [0.1, 0.15) is 12.2 Å². The molecule has 142 valence electrons. The highest BCUT2D eigenvalue weighted by atomic mass is 35.5. The minimum Gasteiger partial charge on any atom is -0.467 e. The van der Waals surface area contributed by atoms with Gasteiger partial charge >= 0.3 is 0 Å². The number of furan rings is 1. The van der Waals surface area contributed by atoms with E-state index in [1.165, 1.54) is 36.2 Å². The van der Waals surface area contributed by atoms with E-state index in [9.17, 15) is 13.2 Å². The third kappa shape index (κ3) is 5.92. The largest absolute Gasteiger partial charge is 0.467 e. The highest BCUT2D eigenvalue weighted by molar-refractivity contribution is 7.98. The maximum atomic E-state index is 12.6. The summed E-state index contributed by atoms with van der Waals surface area (Å²) in [6.45, 7) is 0.177. The summed E-state index contributed by atoms with van der Waals surface area (Å²) in [4.78, 5) is 12.4. The van der Waals surface area contributed by atoms with Gasteiger partial charge in [-0.3, -0.25) is 4.79 Å². The lowest BCUT2D eigenvalue weighted by molar-refractivity contribution is -0.123. The molecule has 1 amide bonds. The molecule has 1 aromatic carbocycles. The maximum Gasteiger partial charge on any atom is 0.241 e. The Bertz CT molecular complexity index is 842. The molecule has 1 unspecified atom stereocenters. The molecule has 0 aliphatic carbocycles. The number of halogens is 2. The number of sulfonamides is 1. The van der Waals surface area contributed by atoms with E-state index in [2.05, 4.69) is 10.0 Å². The Balaban J connectivity index is 2.11. The quantitative estimate of drug-likeness (QED) is 0.629. The van der Waals surface area contributed by atoms with E-state index >= 15 is 0 Å². The molecular formula is C16H18Cl2N2O4S2. The van der Waals surface area contributed by atoms with E-state index in [-0.39, 0.29) is 21.5 Å². The molecule has 0 saturated carbocycles. The Morgan fingerprint density at radius 2 is 2.04 bits per heavy atom. The third-order valence-electron chi connectivity index (χ3n) is 3.44. The first kappa shape index (κ1) is 21.1. The van der Waals surface area contributed by atoms with Crippen molar-refractivity contribution in [1.82, 2.24) is 10.0 Å². The van der Waals surface area contributed by atoms with Gasteiger partial charge < -0.3 is 9.73 Å². The topological polar surface area (TPSA) is 88.4 Å². The summed E-state index contributed by atoms with van der Waals surface area (Å²) in [5.74, 6) is 0.760. The lowest BCUT2D eigenvalue weighted by Crippen LogP contribution is -2.46. The third-order valence-corrected chi connectivity index (χ3v) is 6.30. The van der Waals surface area contributed by atoms with Crippen molar-refractivity contribution in [3.8, 4) is 0 Å². The number of carbonyl (C=O) groups excluding carboxylic acids is 1. The van der Waals surface area contributed by atoms with Crippen LogP contribution >= 0.6 is 35.0 Å². The van der Waals surface area contributed by atoms with Crippen LogP contribution < -0.4 is 10.0 Å². The molecule has 0 spiro atoms. The first-order valence-corrected chi connectivity index (χ1v) is 11.2. The highest BCUT2D eigenvalue weighted by Crippen LogP contribution is 2.25. The first-order chi connectivity index (χ1) is 12.3. The average Bonchev–Trinajstić information content (AvgIpc) is 3.12. The fourth-order valence-electron chi connectivity index (χ4n) is 2.09. The molecule has 0 fully saturated rings. The highest BCUT2D eigenvalue weighted by Gasteiger charge is 2.26. The molecule has 0 bridgehead atoms. The van der Waals surface area contributed by atoms with Crippen molar-refractivity contribution in [3.63, 3.8) is 0 Å². The number of amides is 1. The van der Waals surface area contributed by atoms with E-state index in [1.807, 2.05) is 6.26 Å². The van der Waals surface area contributed by atoms with Gasteiger partial charge in [-0.25, -0.2) is 8.42 Å². The minimum atomic E-state index is -3.93. The number of rotatable bonds is 9. The van der Waals surface area contributed by atoms with Crippen LogP contribution in [0, 0.1) is 0 Å². The van der Waals surface area contributed by atoms with Gasteiger partial charge in [0.05, 0.1) is 27.7 Å². The number of carbonyl (C=O) groups is 1. The monoisotopic (exact) mass is 436 g/mol. The Kier molecular flexibility index (Phi) is 7.85. The number of benzene rings is 1. The van der Waals surface area contributed by atoms with Gasteiger partial charge in [-0.1, -0.05) is 23.2 Å². The van der Waals surface area contributed by atoms with E-state index in [4.69, 9.17) is 27.6 Å². The lowest BCUT2D eigenvalue weighted by Gasteiger charge is -2.18. The second-order valence-corrected chi connectivity index (χ2v) is 8.84. The normalized spacial score (nSPS) is 12.7. The summed E-state index contributed by atoms with van der Waals surface area (Å²) in [6, 6.07) is 6.49. The number of hydrogen-bond acceptors (Lipinski definition) is 5. The Labute approximate surface area is 166 Å². The maximum absolute atomic E-state index is 12.6. The summed E-state index contributed by atoms with van der Waals surface area (Å²) >= 11 is 13.2. The second-order valence-electron chi connectivity index (χ2n) is 5.33. The molecule has 26 heavy (non-hydrogen) atoms. The van der Waals surface area contributed by atoms with Crippen LogP contribution in [0.4, 0.5) is 0 Å². The fraction of sp³-hybridized carbons (Fsp3) is 0.312. The molecule has 1 heterocycles. The molecule has 2 rings (SSSR count). The van der Waals surface area contributed by atoms with E-state index in [0.29, 0.717) is 17.9 Å². The molecular weight excluding hydrogens is 419 g/mol. The van der Waals surface area contributed by atoms with E-state index in [0.717, 1.165) is 0 Å². The zero-order chi connectivity index (χ0) is 19.2. The SMILES string of the molecule is CSCCC(NS(=O)(=O)c1ccc(Cl)c(Cl)c1)C(=O)NCc1ccco1. The van der Waals surface area contributed by atoms with Crippen molar-refractivity contribution in [3.05, 3.63) is 52.4 Å². The van der Waals surface area contributed by atoms with Crippen LogP contribution in [0.3, 0.4) is 0 Å². The summed E-state index contributed by atoms with van der Waals surface area (Å²) in [6.07, 6.45) is 3.72. The van der Waals surface area contributed by atoms with Crippen LogP contribution in [0.5, 0.6) is 0 Å². The smallest absolute Gasteiger partial charge is 0.241 e. The molecule has 2 aromatic rings. The Morgan fingerprint density at radius 1 is 1.27 bits per heavy atom. The summed E-state index contributed by atoms with van der Waals surface area (Å²) in [5.41, 5.74) is 0. The molecule has 0 saturated heterocycles. The van der Waals surface area contributed by atoms with E-state index in [1.54, 1.807) is 12.1 Å². The lowest BCUT2D eigenvalue weighted by atomic mass is 10.2. The van der Waals surface area contributed by atoms with Gasteiger partial charge in [-0.15, -0.1) is 0 Å². The van der Waals surface area contributed by atoms with Crippen LogP contribution in [-0.2, 0) is 21.4 Å². The van der Waals surface area contributed by atoms with Crippen LogP contribution in [0.2, 0.25) is 10.0 Å². The van der Waals surface area contributed by atoms with Crippen molar-refractivity contribution < 1.29 is 17.6 Å². The van der Waals surface area contributed by atoms with Crippen molar-refractivity contribution in [2.45, 2.75) is 23.9 Å². The van der Waals surface area contributed by atoms with Gasteiger partial charge in [0.25, 0.3) is 0 Å². The van der Waals surface area contributed by atoms with Gasteiger partial charge in [0, 0.05) is 0 Å². The zero-order valence-corrected chi connectivity index (χ0v) is 17.0. The van der Waals surface area contributed by atoms with Gasteiger partial charge in [0.15, 0.2) is 0 Å². The Hall–Kier alpha value is -1.19. The van der Waals surface area contributed by atoms with Crippen LogP contribution in [0.15, 0.2) is 45.9 Å². The molecule has 10 heteroatoms. The summed E-state index contributed by atoms with van der Waals surface area (Å²) in [7, 11) is -3.93. The minimum absolute atomic E-state index is 0.0557. The number of hydrogen-bond donors (Lipinski definition) is 2. The molecule has 6 nitrogen and oxygen atoms in total. The van der Waals surface area contributed by atoms with Crippen molar-refractivity contribution in [2.75, 3.05) is 12.0 Å². The average molecular weight is 437 g/mol. The number of thioether (sulfide) groups is 1. The van der Waals surface area contributed by atoms with Gasteiger partial charge in [0.1, 0.15) is 11.8 Å². The summed E-state index contributed by atoms with van der Waals surface area (Å²) < 4.78 is 32.8. The molecule has 0 radical (unpaired) electrons. The predicted molar refractivity (Wildman–Crippen MR) is 104 cm³/mol. The molecule has 0 aliphatic rings. The predicted octanol–water partition coefficient (Wildman–Crippen LogP) is 3.30. The summed E-state index contributed by atoms with van der Waals surface area (Å²) in [5, 5.41) is 3.05. The van der Waals surface area contributed by atoms with E-state index < -0.39 is 22.0 Å². The standard InChI is InChI=1S/C16H18Cl2N2O4S2/c1-25-8-6-15(16(21)19-10-11-3-2-7-24-11)20-26(22,23)12-4-5-13(17)14(18)9-12/h2-5,7,9,15,20H,6,8,10H2,1H3,(H,19,21). The number of nitrogens with one attached hydrogen (secondary N) is 2. The second kappa shape index (κ2) is 9.66. The molecule has 0 aliphatic heterocycles. The van der Waals surface area contributed by atoms with Gasteiger partial charge in [-0.05, 0) is 48.8 Å². The van der Waals surface area contributed by atoms with Crippen LogP contribution in [0.25, 0.3) is 0 Å². The van der Waals surface area contributed by atoms with Crippen molar-refractivity contribution in [1.29, 1.82) is 0 Å². The van der Waals surface area contributed by atoms with Gasteiger partial charge in [-0.2, -0.15) is 16.5 Å². The van der Waals surface area contributed by atoms with Gasteiger partial charge in [0.2, 0.25) is 15.9 Å². The molecule has 1 aromatic heterocycles. The zero-order valence-electron chi connectivity index (χ0n) is 13.9.